The van der Waals surface area contributed by atoms with Crippen LogP contribution in [0.5, 0.6) is 0 Å². The third-order valence-corrected chi connectivity index (χ3v) is 6.66. The minimum Gasteiger partial charge on any atom is -0.395 e. The summed E-state index contributed by atoms with van der Waals surface area (Å²) in [5.74, 6) is 0. The molecule has 1 aliphatic carbocycles. The van der Waals surface area contributed by atoms with E-state index in [1.807, 2.05) is 30.5 Å². The summed E-state index contributed by atoms with van der Waals surface area (Å²) in [5, 5.41) is 20.7. The monoisotopic (exact) mass is 364 g/mol. The van der Waals surface area contributed by atoms with Crippen molar-refractivity contribution in [1.82, 2.24) is 9.80 Å². The van der Waals surface area contributed by atoms with Crippen molar-refractivity contribution in [2.45, 2.75) is 55.2 Å². The molecule has 1 saturated carbocycles. The van der Waals surface area contributed by atoms with Gasteiger partial charge in [0.25, 0.3) is 0 Å². The third kappa shape index (κ3) is 4.77. The van der Waals surface area contributed by atoms with E-state index in [4.69, 9.17) is 0 Å². The first kappa shape index (κ1) is 19.2. The van der Waals surface area contributed by atoms with Gasteiger partial charge in [-0.15, -0.1) is 11.8 Å². The first-order chi connectivity index (χ1) is 12.2. The van der Waals surface area contributed by atoms with Crippen LogP contribution in [0.3, 0.4) is 0 Å². The molecule has 3 rings (SSSR count). The van der Waals surface area contributed by atoms with E-state index >= 15 is 0 Å². The molecule has 2 atom stereocenters. The van der Waals surface area contributed by atoms with Crippen LogP contribution in [0.2, 0.25) is 0 Å². The highest BCUT2D eigenvalue weighted by molar-refractivity contribution is 7.98. The Hall–Kier alpha value is -0.590. The van der Waals surface area contributed by atoms with E-state index < -0.39 is 6.10 Å². The van der Waals surface area contributed by atoms with Gasteiger partial charge in [-0.1, -0.05) is 31.4 Å². The second kappa shape index (κ2) is 9.38. The molecule has 0 radical (unpaired) electrons. The van der Waals surface area contributed by atoms with Crippen LogP contribution in [0, 0.1) is 0 Å². The number of hydrogen-bond donors (Lipinski definition) is 2. The molecule has 0 unspecified atom stereocenters. The Morgan fingerprint density at radius 3 is 2.24 bits per heavy atom. The maximum absolute atomic E-state index is 10.8. The highest BCUT2D eigenvalue weighted by Crippen LogP contribution is 2.27. The molecule has 1 aromatic rings. The number of thioether (sulfide) groups is 1. The van der Waals surface area contributed by atoms with Gasteiger partial charge >= 0.3 is 0 Å². The first-order valence-corrected chi connectivity index (χ1v) is 10.9. The van der Waals surface area contributed by atoms with E-state index in [2.05, 4.69) is 9.80 Å². The number of aliphatic hydroxyl groups excluding tert-OH is 2. The largest absolute Gasteiger partial charge is 0.395 e. The normalized spacial score (nSPS) is 23.5. The van der Waals surface area contributed by atoms with E-state index in [1.165, 1.54) is 37.0 Å². The van der Waals surface area contributed by atoms with Gasteiger partial charge in [0, 0.05) is 37.1 Å². The predicted molar refractivity (Wildman–Crippen MR) is 104 cm³/mol. The summed E-state index contributed by atoms with van der Waals surface area (Å²) in [5.41, 5.74) is 0.895. The molecule has 1 aromatic carbocycles. The third-order valence-electron chi connectivity index (χ3n) is 5.92. The van der Waals surface area contributed by atoms with Crippen molar-refractivity contribution < 1.29 is 10.2 Å². The molecule has 0 aromatic heterocycles. The van der Waals surface area contributed by atoms with Crippen molar-refractivity contribution in [3.8, 4) is 0 Å². The molecule has 2 N–H and O–H groups in total. The molecule has 1 aliphatic heterocycles. The fraction of sp³-hybridized carbons (Fsp3) is 0.700. The van der Waals surface area contributed by atoms with Gasteiger partial charge in [-0.25, -0.2) is 0 Å². The van der Waals surface area contributed by atoms with Gasteiger partial charge in [0.2, 0.25) is 0 Å². The van der Waals surface area contributed by atoms with E-state index in [1.54, 1.807) is 11.8 Å². The van der Waals surface area contributed by atoms with Crippen molar-refractivity contribution in [2.75, 3.05) is 39.0 Å². The summed E-state index contributed by atoms with van der Waals surface area (Å²) >= 11 is 1.70. The lowest BCUT2D eigenvalue weighted by Crippen LogP contribution is -2.55. The average Bonchev–Trinajstić information content (AvgIpc) is 2.70. The molecule has 0 amide bonds. The van der Waals surface area contributed by atoms with Crippen molar-refractivity contribution in [3.63, 3.8) is 0 Å². The van der Waals surface area contributed by atoms with Crippen LogP contribution in [0.25, 0.3) is 0 Å². The Bertz CT molecular complexity index is 511. The first-order valence-electron chi connectivity index (χ1n) is 9.64. The Kier molecular flexibility index (Phi) is 7.19. The van der Waals surface area contributed by atoms with Crippen LogP contribution in [0.4, 0.5) is 0 Å². The lowest BCUT2D eigenvalue weighted by molar-refractivity contribution is -0.0182. The topological polar surface area (TPSA) is 46.9 Å². The Morgan fingerprint density at radius 1 is 1.04 bits per heavy atom. The fourth-order valence-electron chi connectivity index (χ4n) is 4.32. The van der Waals surface area contributed by atoms with Gasteiger partial charge in [0.05, 0.1) is 18.8 Å². The van der Waals surface area contributed by atoms with Gasteiger partial charge < -0.3 is 10.2 Å². The zero-order chi connectivity index (χ0) is 17.6. The minimum absolute atomic E-state index is 0.00508. The van der Waals surface area contributed by atoms with Crippen LogP contribution >= 0.6 is 11.8 Å². The highest BCUT2D eigenvalue weighted by atomic mass is 32.2. The molecular formula is C20H32N2O2S. The second-order valence-corrected chi connectivity index (χ2v) is 8.21. The molecule has 0 bridgehead atoms. The molecule has 1 heterocycles. The lowest BCUT2D eigenvalue weighted by atomic mass is 9.93. The lowest BCUT2D eigenvalue weighted by Gasteiger charge is -2.44. The van der Waals surface area contributed by atoms with Crippen molar-refractivity contribution in [2.24, 2.45) is 0 Å². The fourth-order valence-corrected chi connectivity index (χ4v) is 4.73. The van der Waals surface area contributed by atoms with Crippen LogP contribution in [-0.2, 0) is 0 Å². The minimum atomic E-state index is -0.637. The second-order valence-electron chi connectivity index (χ2n) is 7.33. The number of benzene rings is 1. The van der Waals surface area contributed by atoms with E-state index in [9.17, 15) is 10.2 Å². The van der Waals surface area contributed by atoms with Gasteiger partial charge in [-0.05, 0) is 36.8 Å². The summed E-state index contributed by atoms with van der Waals surface area (Å²) in [6, 6.07) is 8.59. The van der Waals surface area contributed by atoms with Crippen LogP contribution < -0.4 is 0 Å². The van der Waals surface area contributed by atoms with Crippen molar-refractivity contribution in [1.29, 1.82) is 0 Å². The molecular weight excluding hydrogens is 332 g/mol. The summed E-state index contributed by atoms with van der Waals surface area (Å²) in [7, 11) is 0. The van der Waals surface area contributed by atoms with Crippen molar-refractivity contribution in [3.05, 3.63) is 29.8 Å². The number of piperazine rings is 1. The van der Waals surface area contributed by atoms with Gasteiger partial charge in [0.1, 0.15) is 0 Å². The van der Waals surface area contributed by atoms with Crippen molar-refractivity contribution >= 4 is 11.8 Å². The summed E-state index contributed by atoms with van der Waals surface area (Å²) in [6.45, 7) is 3.97. The van der Waals surface area contributed by atoms with Crippen LogP contribution in [-0.4, -0.2) is 71.1 Å². The zero-order valence-corrected chi connectivity index (χ0v) is 16.1. The average molecular weight is 365 g/mol. The van der Waals surface area contributed by atoms with Crippen LogP contribution in [0.15, 0.2) is 29.2 Å². The molecule has 25 heavy (non-hydrogen) atoms. The zero-order valence-electron chi connectivity index (χ0n) is 15.3. The predicted octanol–water partition coefficient (Wildman–Crippen LogP) is 2.75. The number of aliphatic hydroxyl groups is 2. The van der Waals surface area contributed by atoms with Crippen LogP contribution in [0.1, 0.15) is 43.8 Å². The van der Waals surface area contributed by atoms with E-state index in [0.29, 0.717) is 0 Å². The molecule has 2 aliphatic rings. The van der Waals surface area contributed by atoms with Gasteiger partial charge in [0.15, 0.2) is 0 Å². The smallest absolute Gasteiger partial charge is 0.0967 e. The van der Waals surface area contributed by atoms with E-state index in [0.717, 1.165) is 37.8 Å². The summed E-state index contributed by atoms with van der Waals surface area (Å²) in [4.78, 5) is 6.09. The maximum atomic E-state index is 10.8. The highest BCUT2D eigenvalue weighted by Gasteiger charge is 2.31. The molecule has 5 heteroatoms. The van der Waals surface area contributed by atoms with E-state index in [-0.39, 0.29) is 12.6 Å². The summed E-state index contributed by atoms with van der Waals surface area (Å²) in [6.07, 6.45) is 8.23. The molecule has 140 valence electrons. The van der Waals surface area contributed by atoms with Gasteiger partial charge in [-0.3, -0.25) is 9.80 Å². The standard InChI is InChI=1S/C20H32N2O2S/c1-25-18-9-7-16(8-10-18)20(24)19(15-23)22-13-11-21(12-14-22)17-5-3-2-4-6-17/h7-10,17,19-20,23-24H,2-6,11-15H2,1H3/t19-,20-/m0/s1. The maximum Gasteiger partial charge on any atom is 0.0967 e. The Morgan fingerprint density at radius 2 is 1.68 bits per heavy atom. The molecule has 2 fully saturated rings. The Labute approximate surface area is 156 Å². The number of hydrogen-bond acceptors (Lipinski definition) is 5. The molecule has 1 saturated heterocycles. The summed E-state index contributed by atoms with van der Waals surface area (Å²) < 4.78 is 0. The number of rotatable bonds is 6. The quantitative estimate of drug-likeness (QED) is 0.760. The number of nitrogens with zero attached hydrogens (tertiary/aromatic N) is 2. The molecule has 4 nitrogen and oxygen atoms in total. The SMILES string of the molecule is CSc1ccc([C@H](O)[C@H](CO)N2CCN(C3CCCCC3)CC2)cc1. The van der Waals surface area contributed by atoms with Gasteiger partial charge in [-0.2, -0.15) is 0 Å². The Balaban J connectivity index is 1.57. The molecule has 0 spiro atoms.